The summed E-state index contributed by atoms with van der Waals surface area (Å²) in [7, 11) is 1.81. The molecule has 0 spiro atoms. The summed E-state index contributed by atoms with van der Waals surface area (Å²) in [4.78, 5) is 5.92. The molecule has 3 nitrogen and oxygen atoms in total. The summed E-state index contributed by atoms with van der Waals surface area (Å²) in [5, 5.41) is 0.485. The van der Waals surface area contributed by atoms with E-state index in [4.69, 9.17) is 17.3 Å². The van der Waals surface area contributed by atoms with Gasteiger partial charge in [-0.2, -0.15) is 0 Å². The maximum atomic E-state index is 12.8. The van der Waals surface area contributed by atoms with Crippen molar-refractivity contribution in [2.45, 2.75) is 0 Å². The van der Waals surface area contributed by atoms with Gasteiger partial charge in [0, 0.05) is 18.9 Å². The number of hydrogen-bond donors (Lipinski definition) is 1. The molecule has 0 radical (unpaired) electrons. The second-order valence-corrected chi connectivity index (χ2v) is 4.04. The third-order valence-corrected chi connectivity index (χ3v) is 2.60. The minimum Gasteiger partial charge on any atom is -0.396 e. The fraction of sp³-hybridized carbons (Fsp3) is 0.0833. The maximum absolute atomic E-state index is 12.8. The Labute approximate surface area is 104 Å². The molecule has 0 unspecified atom stereocenters. The van der Waals surface area contributed by atoms with E-state index >= 15 is 0 Å². The van der Waals surface area contributed by atoms with E-state index in [-0.39, 0.29) is 5.82 Å². The summed E-state index contributed by atoms with van der Waals surface area (Å²) in [6.07, 6.45) is 1.52. The van der Waals surface area contributed by atoms with Crippen LogP contribution in [0.3, 0.4) is 0 Å². The van der Waals surface area contributed by atoms with Crippen LogP contribution in [0.4, 0.5) is 21.6 Å². The highest BCUT2D eigenvalue weighted by atomic mass is 35.5. The monoisotopic (exact) mass is 251 g/mol. The lowest BCUT2D eigenvalue weighted by Gasteiger charge is -2.19. The lowest BCUT2D eigenvalue weighted by atomic mass is 10.2. The van der Waals surface area contributed by atoms with Gasteiger partial charge in [0.1, 0.15) is 5.82 Å². The molecule has 1 heterocycles. The van der Waals surface area contributed by atoms with Gasteiger partial charge in [-0.15, -0.1) is 0 Å². The molecule has 2 aromatic rings. The first-order valence-electron chi connectivity index (χ1n) is 4.98. The minimum atomic E-state index is -0.279. The van der Waals surface area contributed by atoms with Crippen LogP contribution in [0.2, 0.25) is 5.02 Å². The van der Waals surface area contributed by atoms with E-state index in [2.05, 4.69) is 4.98 Å². The number of nitrogens with zero attached hydrogens (tertiary/aromatic N) is 2. The van der Waals surface area contributed by atoms with Crippen molar-refractivity contribution >= 4 is 28.8 Å². The van der Waals surface area contributed by atoms with Crippen LogP contribution >= 0.6 is 11.6 Å². The number of rotatable bonds is 2. The average Bonchev–Trinajstić information content (AvgIpc) is 2.29. The fourth-order valence-corrected chi connectivity index (χ4v) is 1.68. The molecule has 0 atom stereocenters. The van der Waals surface area contributed by atoms with Crippen LogP contribution in [-0.4, -0.2) is 12.0 Å². The molecule has 17 heavy (non-hydrogen) atoms. The lowest BCUT2D eigenvalue weighted by Crippen LogP contribution is -2.13. The Morgan fingerprint density at radius 3 is 2.53 bits per heavy atom. The number of aromatic nitrogens is 1. The molecule has 88 valence electrons. The van der Waals surface area contributed by atoms with Crippen molar-refractivity contribution in [1.29, 1.82) is 0 Å². The summed E-state index contributed by atoms with van der Waals surface area (Å²) in [5.74, 6) is 0.306. The number of pyridine rings is 1. The molecular weight excluding hydrogens is 241 g/mol. The molecule has 0 aliphatic rings. The van der Waals surface area contributed by atoms with Crippen molar-refractivity contribution in [3.8, 4) is 0 Å². The molecule has 2 rings (SSSR count). The number of benzene rings is 1. The molecule has 1 aromatic carbocycles. The standard InChI is InChI=1S/C12H11ClFN3/c1-17(10-4-2-9(14)3-5-10)12-11(15)6-8(13)7-16-12/h2-7H,15H2,1H3. The highest BCUT2D eigenvalue weighted by molar-refractivity contribution is 6.30. The second-order valence-electron chi connectivity index (χ2n) is 3.60. The van der Waals surface area contributed by atoms with Gasteiger partial charge < -0.3 is 10.6 Å². The van der Waals surface area contributed by atoms with Crippen LogP contribution < -0.4 is 10.6 Å². The zero-order valence-corrected chi connectivity index (χ0v) is 9.95. The van der Waals surface area contributed by atoms with Gasteiger partial charge in [0.05, 0.1) is 10.7 Å². The largest absolute Gasteiger partial charge is 0.396 e. The normalized spacial score (nSPS) is 10.3. The van der Waals surface area contributed by atoms with Gasteiger partial charge in [0.15, 0.2) is 5.82 Å². The minimum absolute atomic E-state index is 0.279. The fourth-order valence-electron chi connectivity index (χ4n) is 1.51. The molecule has 0 amide bonds. The quantitative estimate of drug-likeness (QED) is 0.891. The SMILES string of the molecule is CN(c1ccc(F)cc1)c1ncc(Cl)cc1N. The summed E-state index contributed by atoms with van der Waals surface area (Å²) in [5.41, 5.74) is 7.10. The Kier molecular flexibility index (Phi) is 3.15. The van der Waals surface area contributed by atoms with Gasteiger partial charge in [0.25, 0.3) is 0 Å². The van der Waals surface area contributed by atoms with E-state index < -0.39 is 0 Å². The first-order valence-corrected chi connectivity index (χ1v) is 5.36. The molecule has 0 fully saturated rings. The van der Waals surface area contributed by atoms with Crippen molar-refractivity contribution in [1.82, 2.24) is 4.98 Å². The Morgan fingerprint density at radius 2 is 1.94 bits per heavy atom. The number of nitrogens with two attached hydrogens (primary N) is 1. The molecule has 0 bridgehead atoms. The third-order valence-electron chi connectivity index (χ3n) is 2.39. The zero-order valence-electron chi connectivity index (χ0n) is 9.19. The molecule has 0 saturated carbocycles. The van der Waals surface area contributed by atoms with Crippen LogP contribution in [0.15, 0.2) is 36.5 Å². The second kappa shape index (κ2) is 4.59. The molecule has 2 N–H and O–H groups in total. The molecule has 0 aliphatic carbocycles. The van der Waals surface area contributed by atoms with Crippen LogP contribution in [0.5, 0.6) is 0 Å². The van der Waals surface area contributed by atoms with E-state index in [1.165, 1.54) is 18.3 Å². The van der Waals surface area contributed by atoms with E-state index in [1.807, 2.05) is 0 Å². The Bertz CT molecular complexity index is 528. The molecule has 5 heteroatoms. The maximum Gasteiger partial charge on any atom is 0.156 e. The van der Waals surface area contributed by atoms with Gasteiger partial charge >= 0.3 is 0 Å². The average molecular weight is 252 g/mol. The third kappa shape index (κ3) is 2.47. The van der Waals surface area contributed by atoms with Crippen LogP contribution in [0, 0.1) is 5.82 Å². The smallest absolute Gasteiger partial charge is 0.156 e. The van der Waals surface area contributed by atoms with Gasteiger partial charge in [-0.3, -0.25) is 0 Å². The van der Waals surface area contributed by atoms with E-state index in [9.17, 15) is 4.39 Å². The molecular formula is C12H11ClFN3. The molecule has 0 saturated heterocycles. The lowest BCUT2D eigenvalue weighted by molar-refractivity contribution is 0.628. The van der Waals surface area contributed by atoms with E-state index in [0.717, 1.165) is 5.69 Å². The number of anilines is 3. The van der Waals surface area contributed by atoms with Crippen molar-refractivity contribution in [3.63, 3.8) is 0 Å². The van der Waals surface area contributed by atoms with Crippen LogP contribution in [0.1, 0.15) is 0 Å². The van der Waals surface area contributed by atoms with Crippen molar-refractivity contribution in [2.24, 2.45) is 0 Å². The topological polar surface area (TPSA) is 42.2 Å². The predicted octanol–water partition coefficient (Wildman–Crippen LogP) is 3.22. The van der Waals surface area contributed by atoms with Gasteiger partial charge in [0.2, 0.25) is 0 Å². The van der Waals surface area contributed by atoms with Gasteiger partial charge in [-0.25, -0.2) is 9.37 Å². The van der Waals surface area contributed by atoms with Crippen molar-refractivity contribution in [2.75, 3.05) is 17.7 Å². The summed E-state index contributed by atoms with van der Waals surface area (Å²) >= 11 is 5.78. The zero-order chi connectivity index (χ0) is 12.4. The van der Waals surface area contributed by atoms with Crippen LogP contribution in [0.25, 0.3) is 0 Å². The van der Waals surface area contributed by atoms with Crippen molar-refractivity contribution < 1.29 is 4.39 Å². The Morgan fingerprint density at radius 1 is 1.29 bits per heavy atom. The first kappa shape index (κ1) is 11.7. The summed E-state index contributed by atoms with van der Waals surface area (Å²) < 4.78 is 12.8. The summed E-state index contributed by atoms with van der Waals surface area (Å²) in [6.45, 7) is 0. The van der Waals surface area contributed by atoms with Gasteiger partial charge in [-0.1, -0.05) is 11.6 Å². The molecule has 0 aliphatic heterocycles. The number of hydrogen-bond acceptors (Lipinski definition) is 3. The Balaban J connectivity index is 2.36. The highest BCUT2D eigenvalue weighted by Crippen LogP contribution is 2.28. The predicted molar refractivity (Wildman–Crippen MR) is 68.1 cm³/mol. The number of nitrogen functional groups attached to an aromatic ring is 1. The van der Waals surface area contributed by atoms with Crippen molar-refractivity contribution in [3.05, 3.63) is 47.4 Å². The van der Waals surface area contributed by atoms with Crippen LogP contribution in [-0.2, 0) is 0 Å². The highest BCUT2D eigenvalue weighted by Gasteiger charge is 2.09. The number of halogens is 2. The Hall–Kier alpha value is -1.81. The first-order chi connectivity index (χ1) is 8.08. The van der Waals surface area contributed by atoms with Gasteiger partial charge in [-0.05, 0) is 30.3 Å². The van der Waals surface area contributed by atoms with E-state index in [0.29, 0.717) is 16.5 Å². The van der Waals surface area contributed by atoms with E-state index in [1.54, 1.807) is 30.1 Å². The summed E-state index contributed by atoms with van der Waals surface area (Å²) in [6, 6.07) is 7.72. The molecule has 1 aromatic heterocycles.